The summed E-state index contributed by atoms with van der Waals surface area (Å²) in [5.41, 5.74) is 2.42. The summed E-state index contributed by atoms with van der Waals surface area (Å²) in [6.07, 6.45) is 4.07. The van der Waals surface area contributed by atoms with Crippen LogP contribution < -0.4 is 15.8 Å². The van der Waals surface area contributed by atoms with Crippen LogP contribution in [0.4, 0.5) is 15.8 Å². The topological polar surface area (TPSA) is 112 Å². The highest BCUT2D eigenvalue weighted by molar-refractivity contribution is 5.99. The van der Waals surface area contributed by atoms with Gasteiger partial charge in [-0.25, -0.2) is 19.3 Å². The lowest BCUT2D eigenvalue weighted by Gasteiger charge is -2.29. The average molecular weight is 500 g/mol. The van der Waals surface area contributed by atoms with Gasteiger partial charge in [0.1, 0.15) is 22.7 Å². The van der Waals surface area contributed by atoms with E-state index in [1.165, 1.54) is 0 Å². The Morgan fingerprint density at radius 2 is 1.84 bits per heavy atom. The van der Waals surface area contributed by atoms with E-state index in [1.807, 2.05) is 36.1 Å². The molecule has 2 aromatic carbocycles. The number of anilines is 2. The number of morpholine rings is 1. The first-order valence-electron chi connectivity index (χ1n) is 12.3. The van der Waals surface area contributed by atoms with Gasteiger partial charge in [0.2, 0.25) is 0 Å². The first kappa shape index (κ1) is 23.1. The van der Waals surface area contributed by atoms with Crippen molar-refractivity contribution in [3.05, 3.63) is 76.9 Å². The minimum absolute atomic E-state index is 0.191. The Hall–Kier alpha value is -4.31. The predicted octanol–water partition coefficient (Wildman–Crippen LogP) is 4.40. The number of hydrogen-bond acceptors (Lipinski definition) is 7. The van der Waals surface area contributed by atoms with Gasteiger partial charge in [0.25, 0.3) is 5.56 Å². The third-order valence-corrected chi connectivity index (χ3v) is 6.71. The van der Waals surface area contributed by atoms with Crippen LogP contribution in [0.15, 0.2) is 59.7 Å². The van der Waals surface area contributed by atoms with Gasteiger partial charge >= 0.3 is 0 Å². The van der Waals surface area contributed by atoms with Crippen molar-refractivity contribution < 1.29 is 9.13 Å². The standard InChI is InChI=1S/C27H26FN7O2/c1-2-17(25-29-10-5-11-30-25)31-23-16-6-3-4-7-18(16)33-27(36)21(23)26-32-19-8-9-20(22(28)24(19)34-26)35-12-14-37-15-13-35/h3-11,17H,2,12-15H2,1H3,(H,32,34)(H2,31,33,36)/t17-/m1/s1. The Morgan fingerprint density at radius 1 is 1.05 bits per heavy atom. The van der Waals surface area contributed by atoms with Crippen molar-refractivity contribution in [1.29, 1.82) is 0 Å². The molecule has 0 bridgehead atoms. The molecular formula is C27H26FN7O2. The number of H-pyrrole nitrogens is 2. The zero-order valence-electron chi connectivity index (χ0n) is 20.3. The number of imidazole rings is 1. The largest absolute Gasteiger partial charge is 0.378 e. The summed E-state index contributed by atoms with van der Waals surface area (Å²) in [6, 6.07) is 12.6. The summed E-state index contributed by atoms with van der Waals surface area (Å²) in [7, 11) is 0. The molecule has 1 atom stereocenters. The van der Waals surface area contributed by atoms with Gasteiger partial charge in [-0.1, -0.05) is 25.1 Å². The molecule has 188 valence electrons. The maximum atomic E-state index is 15.6. The predicted molar refractivity (Wildman–Crippen MR) is 141 cm³/mol. The molecule has 0 unspecified atom stereocenters. The number of nitrogens with one attached hydrogen (secondary N) is 3. The van der Waals surface area contributed by atoms with Crippen LogP contribution in [0.3, 0.4) is 0 Å². The van der Waals surface area contributed by atoms with E-state index in [0.717, 1.165) is 5.39 Å². The minimum atomic E-state index is -0.419. The third kappa shape index (κ3) is 4.19. The summed E-state index contributed by atoms with van der Waals surface area (Å²) in [5, 5.41) is 4.30. The van der Waals surface area contributed by atoms with Crippen molar-refractivity contribution in [2.45, 2.75) is 19.4 Å². The number of hydrogen-bond donors (Lipinski definition) is 3. The molecule has 1 aliphatic heterocycles. The fourth-order valence-electron chi connectivity index (χ4n) is 4.83. The first-order valence-corrected chi connectivity index (χ1v) is 12.3. The van der Waals surface area contributed by atoms with E-state index in [-0.39, 0.29) is 22.9 Å². The lowest BCUT2D eigenvalue weighted by Crippen LogP contribution is -2.36. The number of nitrogens with zero attached hydrogens (tertiary/aromatic N) is 4. The summed E-state index contributed by atoms with van der Waals surface area (Å²) in [6.45, 7) is 4.34. The molecule has 0 radical (unpaired) electrons. The van der Waals surface area contributed by atoms with Crippen LogP contribution in [0.5, 0.6) is 0 Å². The Labute approximate surface area is 211 Å². The van der Waals surface area contributed by atoms with E-state index in [0.29, 0.717) is 66.5 Å². The lowest BCUT2D eigenvalue weighted by molar-refractivity contribution is 0.122. The summed E-state index contributed by atoms with van der Waals surface area (Å²) in [4.78, 5) is 34.9. The second-order valence-corrected chi connectivity index (χ2v) is 8.94. The van der Waals surface area contributed by atoms with Gasteiger partial charge < -0.3 is 24.9 Å². The van der Waals surface area contributed by atoms with Crippen molar-refractivity contribution >= 4 is 33.3 Å². The number of para-hydroxylation sites is 1. The van der Waals surface area contributed by atoms with Crippen LogP contribution in [-0.2, 0) is 4.74 Å². The van der Waals surface area contributed by atoms with E-state index in [1.54, 1.807) is 30.6 Å². The lowest BCUT2D eigenvalue weighted by atomic mass is 10.1. The molecule has 4 heterocycles. The SMILES string of the molecule is CC[C@@H](Nc1c(-c2nc3c(F)c(N4CCOCC4)ccc3[nH]2)c(=O)[nH]c2ccccc12)c1ncccn1. The molecule has 3 aromatic heterocycles. The Bertz CT molecular complexity index is 1630. The molecule has 10 heteroatoms. The molecule has 9 nitrogen and oxygen atoms in total. The van der Waals surface area contributed by atoms with Crippen molar-refractivity contribution in [3.63, 3.8) is 0 Å². The van der Waals surface area contributed by atoms with Crippen LogP contribution in [-0.4, -0.2) is 51.2 Å². The van der Waals surface area contributed by atoms with Gasteiger partial charge in [0.15, 0.2) is 5.82 Å². The van der Waals surface area contributed by atoms with Gasteiger partial charge in [-0.05, 0) is 30.7 Å². The molecule has 3 N–H and O–H groups in total. The Morgan fingerprint density at radius 3 is 2.62 bits per heavy atom. The monoisotopic (exact) mass is 499 g/mol. The van der Waals surface area contributed by atoms with Crippen LogP contribution in [0.2, 0.25) is 0 Å². The number of aromatic amines is 2. The molecule has 6 rings (SSSR count). The van der Waals surface area contributed by atoms with Crippen molar-refractivity contribution in [2.24, 2.45) is 0 Å². The number of rotatable bonds is 6. The Kier molecular flexibility index (Phi) is 6.01. The molecule has 37 heavy (non-hydrogen) atoms. The quantitative estimate of drug-likeness (QED) is 0.317. The number of benzene rings is 2. The maximum absolute atomic E-state index is 15.6. The van der Waals surface area contributed by atoms with Crippen LogP contribution >= 0.6 is 0 Å². The molecule has 0 aliphatic carbocycles. The van der Waals surface area contributed by atoms with Crippen molar-refractivity contribution in [2.75, 3.05) is 36.5 Å². The van der Waals surface area contributed by atoms with Gasteiger partial charge in [0.05, 0.1) is 41.7 Å². The number of halogens is 1. The second-order valence-electron chi connectivity index (χ2n) is 8.94. The molecular weight excluding hydrogens is 473 g/mol. The average Bonchev–Trinajstić information content (AvgIpc) is 3.37. The van der Waals surface area contributed by atoms with Crippen LogP contribution in [0.25, 0.3) is 33.3 Å². The molecule has 1 fully saturated rings. The first-order chi connectivity index (χ1) is 18.1. The zero-order chi connectivity index (χ0) is 25.4. The van der Waals surface area contributed by atoms with Crippen LogP contribution in [0.1, 0.15) is 25.2 Å². The van der Waals surface area contributed by atoms with Gasteiger partial charge in [-0.2, -0.15) is 0 Å². The molecule has 1 saturated heterocycles. The number of pyridine rings is 1. The molecule has 1 aliphatic rings. The molecule has 5 aromatic rings. The fourth-order valence-corrected chi connectivity index (χ4v) is 4.83. The fraction of sp³-hybridized carbons (Fsp3) is 0.259. The number of aromatic nitrogens is 5. The zero-order valence-corrected chi connectivity index (χ0v) is 20.3. The maximum Gasteiger partial charge on any atom is 0.261 e. The van der Waals surface area contributed by atoms with Gasteiger partial charge in [-0.15, -0.1) is 0 Å². The Balaban J connectivity index is 1.51. The smallest absolute Gasteiger partial charge is 0.261 e. The number of fused-ring (bicyclic) bond motifs is 2. The van der Waals surface area contributed by atoms with Crippen LogP contribution in [0, 0.1) is 5.82 Å². The van der Waals surface area contributed by atoms with Crippen molar-refractivity contribution in [3.8, 4) is 11.4 Å². The molecule has 0 spiro atoms. The second kappa shape index (κ2) is 9.62. The highest BCUT2D eigenvalue weighted by Crippen LogP contribution is 2.35. The molecule has 0 saturated carbocycles. The minimum Gasteiger partial charge on any atom is -0.378 e. The summed E-state index contributed by atoms with van der Waals surface area (Å²) < 4.78 is 21.0. The highest BCUT2D eigenvalue weighted by Gasteiger charge is 2.24. The normalized spacial score (nSPS) is 14.8. The summed E-state index contributed by atoms with van der Waals surface area (Å²) in [5.74, 6) is 0.482. The molecule has 0 amide bonds. The van der Waals surface area contributed by atoms with Gasteiger partial charge in [0, 0.05) is 30.9 Å². The highest BCUT2D eigenvalue weighted by atomic mass is 19.1. The van der Waals surface area contributed by atoms with Crippen molar-refractivity contribution in [1.82, 2.24) is 24.9 Å². The van der Waals surface area contributed by atoms with E-state index in [4.69, 9.17) is 4.74 Å². The van der Waals surface area contributed by atoms with E-state index < -0.39 is 5.82 Å². The van der Waals surface area contributed by atoms with E-state index in [2.05, 4.69) is 30.2 Å². The van der Waals surface area contributed by atoms with E-state index in [9.17, 15) is 4.79 Å². The van der Waals surface area contributed by atoms with Gasteiger partial charge in [-0.3, -0.25) is 4.79 Å². The summed E-state index contributed by atoms with van der Waals surface area (Å²) >= 11 is 0. The number of ether oxygens (including phenoxy) is 1. The third-order valence-electron chi connectivity index (χ3n) is 6.71. The van der Waals surface area contributed by atoms with E-state index >= 15 is 4.39 Å².